The second-order valence-corrected chi connectivity index (χ2v) is 11.4. The van der Waals surface area contributed by atoms with Crippen molar-refractivity contribution in [2.24, 2.45) is 44.9 Å². The third-order valence-corrected chi connectivity index (χ3v) is 8.05. The minimum Gasteiger partial charge on any atom is -0.409 e. The predicted octanol–water partition coefficient (Wildman–Crippen LogP) is 0.345. The van der Waals surface area contributed by atoms with Crippen molar-refractivity contribution in [1.29, 1.82) is 0 Å². The second kappa shape index (κ2) is 18.0. The van der Waals surface area contributed by atoms with Crippen molar-refractivity contribution in [3.05, 3.63) is 71.3 Å². The van der Waals surface area contributed by atoms with Gasteiger partial charge in [-0.15, -0.1) is 0 Å². The number of nitrogens with two attached hydrogens (primary N) is 4. The highest BCUT2D eigenvalue weighted by Crippen LogP contribution is 2.27. The van der Waals surface area contributed by atoms with Crippen LogP contribution in [0.3, 0.4) is 0 Å². The van der Waals surface area contributed by atoms with Crippen LogP contribution in [-0.2, 0) is 32.1 Å². The van der Waals surface area contributed by atoms with Crippen LogP contribution in [0.5, 0.6) is 0 Å². The molecule has 3 rings (SSSR count). The van der Waals surface area contributed by atoms with Gasteiger partial charge in [-0.2, -0.15) is 0 Å². The van der Waals surface area contributed by atoms with Gasteiger partial charge < -0.3 is 44.1 Å². The molecule has 0 aliphatic heterocycles. The number of rotatable bonds is 16. The van der Waals surface area contributed by atoms with Crippen LogP contribution in [0.25, 0.3) is 0 Å². The summed E-state index contributed by atoms with van der Waals surface area (Å²) >= 11 is 0. The molecule has 3 atom stereocenters. The van der Waals surface area contributed by atoms with Gasteiger partial charge in [-0.05, 0) is 49.1 Å². The first-order valence-corrected chi connectivity index (χ1v) is 15.4. The van der Waals surface area contributed by atoms with Gasteiger partial charge in [0.05, 0.1) is 0 Å². The number of hydrogen-bond acceptors (Lipinski definition) is 7. The SMILES string of the molecule is NC(=O)C(CCCN=C(N)N)NC(=O)[C@@H](NC(=O)C(Cc1ccc(C(N)=NO)cc1)C(=O)NCc1ccccc1)C1CCCCC1. The number of oxime groups is 1. The maximum Gasteiger partial charge on any atom is 0.243 e. The quantitative estimate of drug-likeness (QED) is 0.0318. The Morgan fingerprint density at radius 3 is 2.11 bits per heavy atom. The minimum atomic E-state index is -1.19. The lowest BCUT2D eigenvalue weighted by atomic mass is 9.83. The Bertz CT molecular complexity index is 1370. The number of guanidine groups is 1. The normalized spacial score (nSPS) is 15.5. The van der Waals surface area contributed by atoms with Gasteiger partial charge in [0.2, 0.25) is 23.6 Å². The van der Waals surface area contributed by atoms with Crippen molar-refractivity contribution in [3.8, 4) is 0 Å². The molecule has 4 amide bonds. The lowest BCUT2D eigenvalue weighted by molar-refractivity contribution is -0.139. The third kappa shape index (κ3) is 11.1. The molecule has 1 saturated carbocycles. The van der Waals surface area contributed by atoms with E-state index in [4.69, 9.17) is 28.1 Å². The van der Waals surface area contributed by atoms with Gasteiger partial charge in [0, 0.05) is 18.7 Å². The number of nitrogens with one attached hydrogen (secondary N) is 3. The summed E-state index contributed by atoms with van der Waals surface area (Å²) in [6, 6.07) is 13.9. The Kier molecular flexibility index (Phi) is 13.8. The first-order valence-electron chi connectivity index (χ1n) is 15.4. The van der Waals surface area contributed by atoms with Crippen LogP contribution in [-0.4, -0.2) is 59.3 Å². The number of carbonyl (C=O) groups is 4. The molecule has 2 aromatic carbocycles. The summed E-state index contributed by atoms with van der Waals surface area (Å²) in [6.07, 6.45) is 4.80. The number of aliphatic imine (C=N–C) groups is 1. The van der Waals surface area contributed by atoms with Gasteiger partial charge in [0.1, 0.15) is 18.0 Å². The van der Waals surface area contributed by atoms with E-state index in [1.165, 1.54) is 0 Å². The minimum absolute atomic E-state index is 0.0244. The van der Waals surface area contributed by atoms with Gasteiger partial charge in [-0.25, -0.2) is 0 Å². The van der Waals surface area contributed by atoms with Gasteiger partial charge in [-0.1, -0.05) is 79.0 Å². The van der Waals surface area contributed by atoms with E-state index >= 15 is 0 Å². The molecule has 0 aromatic heterocycles. The first kappa shape index (κ1) is 35.3. The van der Waals surface area contributed by atoms with Crippen molar-refractivity contribution in [2.75, 3.05) is 6.54 Å². The van der Waals surface area contributed by atoms with E-state index in [0.717, 1.165) is 24.8 Å². The average molecular weight is 636 g/mol. The number of amides is 4. The Hall–Kier alpha value is -5.14. The summed E-state index contributed by atoms with van der Waals surface area (Å²) in [6.45, 7) is 0.462. The molecule has 14 nitrogen and oxygen atoms in total. The monoisotopic (exact) mass is 635 g/mol. The van der Waals surface area contributed by atoms with E-state index in [9.17, 15) is 19.2 Å². The van der Waals surface area contributed by atoms with Crippen LogP contribution in [0, 0.1) is 11.8 Å². The number of carbonyl (C=O) groups excluding carboxylic acids is 4. The van der Waals surface area contributed by atoms with Crippen molar-refractivity contribution in [1.82, 2.24) is 16.0 Å². The maximum atomic E-state index is 13.9. The first-order chi connectivity index (χ1) is 22.1. The van der Waals surface area contributed by atoms with E-state index in [2.05, 4.69) is 26.1 Å². The van der Waals surface area contributed by atoms with Crippen LogP contribution in [0.1, 0.15) is 61.6 Å². The van der Waals surface area contributed by atoms with Crippen LogP contribution in [0.4, 0.5) is 0 Å². The highest BCUT2D eigenvalue weighted by Gasteiger charge is 2.36. The summed E-state index contributed by atoms with van der Waals surface area (Å²) in [5.41, 5.74) is 24.0. The topological polar surface area (TPSA) is 253 Å². The van der Waals surface area contributed by atoms with Crippen LogP contribution in [0.15, 0.2) is 64.7 Å². The lowest BCUT2D eigenvalue weighted by Crippen LogP contribution is -2.57. The number of amidine groups is 1. The van der Waals surface area contributed by atoms with Crippen molar-refractivity contribution in [2.45, 2.75) is 70.0 Å². The predicted molar refractivity (Wildman–Crippen MR) is 174 cm³/mol. The molecule has 0 spiro atoms. The molecule has 46 heavy (non-hydrogen) atoms. The lowest BCUT2D eigenvalue weighted by Gasteiger charge is -2.32. The van der Waals surface area contributed by atoms with E-state index in [1.807, 2.05) is 30.3 Å². The fourth-order valence-corrected chi connectivity index (χ4v) is 5.49. The van der Waals surface area contributed by atoms with Gasteiger partial charge in [-0.3, -0.25) is 24.2 Å². The number of primary amides is 1. The van der Waals surface area contributed by atoms with E-state index in [1.54, 1.807) is 24.3 Å². The zero-order valence-electron chi connectivity index (χ0n) is 25.9. The molecule has 12 N–H and O–H groups in total. The van der Waals surface area contributed by atoms with Crippen LogP contribution in [0.2, 0.25) is 0 Å². The molecule has 1 aliphatic carbocycles. The summed E-state index contributed by atoms with van der Waals surface area (Å²) in [4.78, 5) is 57.2. The Balaban J connectivity index is 1.82. The number of hydrogen-bond donors (Lipinski definition) is 8. The average Bonchev–Trinajstić information content (AvgIpc) is 3.06. The van der Waals surface area contributed by atoms with E-state index in [0.29, 0.717) is 30.4 Å². The summed E-state index contributed by atoms with van der Waals surface area (Å²) in [7, 11) is 0. The van der Waals surface area contributed by atoms with Crippen molar-refractivity contribution >= 4 is 35.4 Å². The highest BCUT2D eigenvalue weighted by atomic mass is 16.4. The smallest absolute Gasteiger partial charge is 0.243 e. The molecule has 1 aliphatic rings. The van der Waals surface area contributed by atoms with Crippen molar-refractivity contribution < 1.29 is 24.4 Å². The molecule has 0 bridgehead atoms. The second-order valence-electron chi connectivity index (χ2n) is 11.4. The summed E-state index contributed by atoms with van der Waals surface area (Å²) in [5.74, 6) is -3.95. The molecule has 0 saturated heterocycles. The Morgan fingerprint density at radius 2 is 1.50 bits per heavy atom. The molecule has 2 unspecified atom stereocenters. The van der Waals surface area contributed by atoms with Crippen LogP contribution < -0.4 is 38.9 Å². The number of nitrogens with zero attached hydrogens (tertiary/aromatic N) is 2. The molecule has 14 heteroatoms. The van der Waals surface area contributed by atoms with Crippen molar-refractivity contribution in [3.63, 3.8) is 0 Å². The largest absolute Gasteiger partial charge is 0.409 e. The van der Waals surface area contributed by atoms with Gasteiger partial charge >= 0.3 is 0 Å². The Labute approximate surface area is 268 Å². The zero-order valence-corrected chi connectivity index (χ0v) is 25.9. The Morgan fingerprint density at radius 1 is 0.826 bits per heavy atom. The zero-order chi connectivity index (χ0) is 33.5. The standard InChI is InChI=1S/C32H45N9O5/c33-27(41-46)23-15-13-20(14-16-23)18-24(29(43)38-19-21-8-3-1-4-9-21)30(44)40-26(22-10-5-2-6-11-22)31(45)39-25(28(34)42)12-7-17-37-32(35)36/h1,3-4,8-9,13-16,22,24-26,46H,2,5-7,10-12,17-19H2,(H2,33,41)(H2,34,42)(H,38,43)(H,39,45)(H,40,44)(H4,35,36,37)/t24?,25?,26-/m0/s1. The fourth-order valence-electron chi connectivity index (χ4n) is 5.49. The number of benzene rings is 2. The highest BCUT2D eigenvalue weighted by molar-refractivity contribution is 6.02. The van der Waals surface area contributed by atoms with E-state index in [-0.39, 0.29) is 43.6 Å². The molecule has 0 radical (unpaired) electrons. The maximum absolute atomic E-state index is 13.9. The molecular weight excluding hydrogens is 590 g/mol. The summed E-state index contributed by atoms with van der Waals surface area (Å²) < 4.78 is 0. The van der Waals surface area contributed by atoms with Gasteiger partial charge in [0.15, 0.2) is 11.8 Å². The fraction of sp³-hybridized carbons (Fsp3) is 0.438. The third-order valence-electron chi connectivity index (χ3n) is 8.05. The molecule has 0 heterocycles. The summed E-state index contributed by atoms with van der Waals surface area (Å²) in [5, 5.41) is 20.4. The molecular formula is C32H45N9O5. The van der Waals surface area contributed by atoms with E-state index < -0.39 is 41.6 Å². The molecule has 248 valence electrons. The molecule has 1 fully saturated rings. The van der Waals surface area contributed by atoms with Crippen LogP contribution >= 0.6 is 0 Å². The van der Waals surface area contributed by atoms with Gasteiger partial charge in [0.25, 0.3) is 0 Å². The molecule has 2 aromatic rings.